The molecule has 4 nitrogen and oxygen atoms in total. The minimum Gasteiger partial charge on any atom is -1.00 e. The van der Waals surface area contributed by atoms with Crippen molar-refractivity contribution in [2.45, 2.75) is 6.92 Å². The zero-order valence-corrected chi connectivity index (χ0v) is 17.2. The highest BCUT2D eigenvalue weighted by atomic mass is 79.9. The zero-order valence-electron chi connectivity index (χ0n) is 14.0. The van der Waals surface area contributed by atoms with E-state index in [0.717, 1.165) is 10.2 Å². The van der Waals surface area contributed by atoms with Crippen LogP contribution in [0.5, 0.6) is 0 Å². The van der Waals surface area contributed by atoms with Gasteiger partial charge in [0.15, 0.2) is 5.78 Å². The van der Waals surface area contributed by atoms with Crippen molar-refractivity contribution in [1.29, 1.82) is 5.26 Å². The molecule has 0 spiro atoms. The molecule has 0 saturated carbocycles. The first-order valence-electron chi connectivity index (χ1n) is 7.48. The normalized spacial score (nSPS) is 11.8. The van der Waals surface area contributed by atoms with Crippen LogP contribution in [0.1, 0.15) is 17.3 Å². The molecule has 0 fully saturated rings. The van der Waals surface area contributed by atoms with Crippen LogP contribution in [0.25, 0.3) is 0 Å². The van der Waals surface area contributed by atoms with Gasteiger partial charge in [0.05, 0.1) is 5.75 Å². The maximum absolute atomic E-state index is 12.4. The molecule has 0 radical (unpaired) electrons. The summed E-state index contributed by atoms with van der Waals surface area (Å²) in [5.74, 6) is 0.187. The molecule has 0 heterocycles. The summed E-state index contributed by atoms with van der Waals surface area (Å²) in [5.41, 5.74) is 8.04. The van der Waals surface area contributed by atoms with Crippen LogP contribution >= 0.6 is 27.7 Å². The lowest BCUT2D eigenvalue weighted by molar-refractivity contribution is -0.349. The van der Waals surface area contributed by atoms with Gasteiger partial charge in [0, 0.05) is 27.9 Å². The fourth-order valence-corrected chi connectivity index (χ4v) is 3.25. The van der Waals surface area contributed by atoms with Gasteiger partial charge in [-0.05, 0) is 30.8 Å². The Morgan fingerprint density at radius 3 is 2.35 bits per heavy atom. The number of nitrogens with one attached hydrogen (secondary N) is 1. The number of nitrogens with zero attached hydrogens (tertiary/aromatic N) is 1. The highest BCUT2D eigenvalue weighted by Crippen LogP contribution is 2.16. The summed E-state index contributed by atoms with van der Waals surface area (Å²) < 4.78 is 0.920. The maximum Gasteiger partial charge on any atom is 0.259 e. The Labute approximate surface area is 171 Å². The van der Waals surface area contributed by atoms with Crippen LogP contribution in [0, 0.1) is 11.3 Å². The quantitative estimate of drug-likeness (QED) is 0.289. The second kappa shape index (κ2) is 10.8. The third-order valence-electron chi connectivity index (χ3n) is 3.28. The van der Waals surface area contributed by atoms with E-state index in [1.165, 1.54) is 11.8 Å². The van der Waals surface area contributed by atoms with Crippen molar-refractivity contribution in [3.05, 3.63) is 75.9 Å². The van der Waals surface area contributed by atoms with Gasteiger partial charge in [0.1, 0.15) is 11.6 Å². The van der Waals surface area contributed by atoms with E-state index in [1.54, 1.807) is 19.1 Å². The van der Waals surface area contributed by atoms with Gasteiger partial charge in [-0.25, -0.2) is 0 Å². The summed E-state index contributed by atoms with van der Waals surface area (Å²) in [6.45, 7) is 1.67. The monoisotopic (exact) mass is 449 g/mol. The van der Waals surface area contributed by atoms with Crippen LogP contribution < -0.4 is 23.1 Å². The number of ketones is 1. The Morgan fingerprint density at radius 2 is 1.81 bits per heavy atom. The smallest absolute Gasteiger partial charge is 0.259 e. The Bertz CT molecular complexity index is 855. The second-order valence-electron chi connectivity index (χ2n) is 5.21. The van der Waals surface area contributed by atoms with E-state index in [9.17, 15) is 10.1 Å². The van der Waals surface area contributed by atoms with Gasteiger partial charge in [-0.2, -0.15) is 10.3 Å². The predicted molar refractivity (Wildman–Crippen MR) is 106 cm³/mol. The van der Waals surface area contributed by atoms with Crippen molar-refractivity contribution in [2.75, 3.05) is 5.75 Å². The number of allylic oxidation sites excluding steroid dienone is 1. The van der Waals surface area contributed by atoms with Crippen molar-refractivity contribution in [1.82, 2.24) is 0 Å². The predicted octanol–water partition coefficient (Wildman–Crippen LogP) is -0.0639. The molecular formula is C19H17BrClN3OS. The number of halogens is 2. The van der Waals surface area contributed by atoms with E-state index < -0.39 is 0 Å². The third kappa shape index (κ3) is 6.34. The van der Waals surface area contributed by atoms with Crippen molar-refractivity contribution in [3.63, 3.8) is 0 Å². The molecular weight excluding hydrogens is 434 g/mol. The molecule has 0 aliphatic carbocycles. The average Bonchev–Trinajstić information content (AvgIpc) is 2.61. The molecule has 2 rings (SSSR count). The van der Waals surface area contributed by atoms with Gasteiger partial charge in [0.25, 0.3) is 5.04 Å². The summed E-state index contributed by atoms with van der Waals surface area (Å²) in [4.78, 5) is 15.6. The number of Topliss-reactive ketones (excluding diaryl/α,β-unsaturated/α-hetero) is 1. The van der Waals surface area contributed by atoms with Crippen LogP contribution in [-0.4, -0.2) is 16.6 Å². The van der Waals surface area contributed by atoms with Crippen molar-refractivity contribution >= 4 is 44.2 Å². The number of thioether (sulfide) groups is 1. The number of hydrogen-bond donors (Lipinski definition) is 2. The molecule has 0 bridgehead atoms. The third-order valence-corrected chi connectivity index (χ3v) is 4.81. The molecule has 134 valence electrons. The standard InChI is InChI=1S/C19H16BrN3OS.ClH/c1-13(22)17(11-21)19(23-16-5-3-2-4-6-16)25-12-18(24)14-7-9-15(20)10-8-14;/h2-10H,12,22H2,1H3;1H/b17-13+,23-19?;. The number of nitriles is 1. The van der Waals surface area contributed by atoms with Gasteiger partial charge in [-0.1, -0.05) is 46.3 Å². The minimum absolute atomic E-state index is 0. The van der Waals surface area contributed by atoms with Crippen molar-refractivity contribution in [3.8, 4) is 6.07 Å². The SMILES string of the molecule is C/C(N)=C(/C#N)C(=[NH+]c1ccccc1)SCC(=O)c1ccc(Br)cc1.[Cl-]. The van der Waals surface area contributed by atoms with Crippen LogP contribution in [-0.2, 0) is 0 Å². The lowest BCUT2D eigenvalue weighted by atomic mass is 10.2. The topological polar surface area (TPSA) is 80.8 Å². The number of carbonyl (C=O) groups excluding carboxylic acids is 1. The van der Waals surface area contributed by atoms with Crippen LogP contribution in [0.15, 0.2) is 70.3 Å². The van der Waals surface area contributed by atoms with Crippen LogP contribution in [0.4, 0.5) is 5.69 Å². The summed E-state index contributed by atoms with van der Waals surface area (Å²) in [6.07, 6.45) is 0. The van der Waals surface area contributed by atoms with Crippen LogP contribution in [0.3, 0.4) is 0 Å². The molecule has 0 atom stereocenters. The highest BCUT2D eigenvalue weighted by molar-refractivity contribution is 9.10. The number of carbonyl (C=O) groups is 1. The second-order valence-corrected chi connectivity index (χ2v) is 7.11. The first-order valence-corrected chi connectivity index (χ1v) is 9.26. The van der Waals surface area contributed by atoms with Gasteiger partial charge in [-0.3, -0.25) is 4.79 Å². The molecule has 0 saturated heterocycles. The first kappa shape index (κ1) is 22.0. The van der Waals surface area contributed by atoms with E-state index in [2.05, 4.69) is 27.0 Å². The van der Waals surface area contributed by atoms with Crippen molar-refractivity contribution < 1.29 is 22.2 Å². The molecule has 0 unspecified atom stereocenters. The number of para-hydroxylation sites is 1. The summed E-state index contributed by atoms with van der Waals surface area (Å²) in [7, 11) is 0. The Kier molecular flexibility index (Phi) is 9.14. The highest BCUT2D eigenvalue weighted by Gasteiger charge is 2.19. The van der Waals surface area contributed by atoms with Crippen molar-refractivity contribution in [2.24, 2.45) is 5.73 Å². The first-order chi connectivity index (χ1) is 12.0. The Hall–Kier alpha value is -2.07. The van der Waals surface area contributed by atoms with Gasteiger partial charge in [0.2, 0.25) is 5.69 Å². The zero-order chi connectivity index (χ0) is 18.2. The summed E-state index contributed by atoms with van der Waals surface area (Å²) in [6, 6.07) is 18.8. The van der Waals surface area contributed by atoms with Gasteiger partial charge < -0.3 is 18.1 Å². The molecule has 0 aromatic heterocycles. The number of nitrogens with two attached hydrogens (primary N) is 1. The minimum atomic E-state index is -0.0168. The molecule has 0 aliphatic rings. The number of benzene rings is 2. The molecule has 2 aromatic carbocycles. The van der Waals surface area contributed by atoms with E-state index in [4.69, 9.17) is 5.73 Å². The lowest BCUT2D eigenvalue weighted by Gasteiger charge is -2.03. The summed E-state index contributed by atoms with van der Waals surface area (Å²) >= 11 is 4.62. The van der Waals surface area contributed by atoms with E-state index >= 15 is 0 Å². The van der Waals surface area contributed by atoms with Gasteiger partial charge >= 0.3 is 0 Å². The molecule has 0 aliphatic heterocycles. The van der Waals surface area contributed by atoms with Gasteiger partial charge in [-0.15, -0.1) is 0 Å². The largest absolute Gasteiger partial charge is 1.00 e. The molecule has 0 amide bonds. The molecule has 26 heavy (non-hydrogen) atoms. The maximum atomic E-state index is 12.4. The number of hydrogen-bond acceptors (Lipinski definition) is 4. The Balaban J connectivity index is 0.00000338. The van der Waals surface area contributed by atoms with Crippen LogP contribution in [0.2, 0.25) is 0 Å². The molecule has 3 N–H and O–H groups in total. The van der Waals surface area contributed by atoms with E-state index in [0.29, 0.717) is 21.9 Å². The van der Waals surface area contributed by atoms with E-state index in [-0.39, 0.29) is 23.9 Å². The molecule has 2 aromatic rings. The fraction of sp³-hybridized carbons (Fsp3) is 0.105. The fourth-order valence-electron chi connectivity index (χ4n) is 2.00. The number of rotatable bonds is 5. The molecule has 7 heteroatoms. The lowest BCUT2D eigenvalue weighted by Crippen LogP contribution is -3.00. The summed E-state index contributed by atoms with van der Waals surface area (Å²) in [5, 5.41) is 9.97. The van der Waals surface area contributed by atoms with E-state index in [1.807, 2.05) is 42.5 Å². The Morgan fingerprint density at radius 1 is 1.19 bits per heavy atom. The average molecular weight is 451 g/mol.